The Morgan fingerprint density at radius 3 is 2.94 bits per heavy atom. The van der Waals surface area contributed by atoms with Crippen LogP contribution in [0.5, 0.6) is 0 Å². The molecule has 0 saturated heterocycles. The fraction of sp³-hybridized carbons (Fsp3) is 0.200. The number of halogens is 1. The molecule has 0 saturated carbocycles. The van der Waals surface area contributed by atoms with Crippen LogP contribution in [-0.2, 0) is 6.54 Å². The van der Waals surface area contributed by atoms with Crippen molar-refractivity contribution < 1.29 is 0 Å². The van der Waals surface area contributed by atoms with E-state index in [1.807, 2.05) is 13.0 Å². The minimum atomic E-state index is 0.153. The van der Waals surface area contributed by atoms with Gasteiger partial charge in [-0.05, 0) is 24.6 Å². The van der Waals surface area contributed by atoms with E-state index in [0.29, 0.717) is 18.1 Å². The van der Waals surface area contributed by atoms with Crippen LogP contribution in [0.4, 0.5) is 11.5 Å². The van der Waals surface area contributed by atoms with Gasteiger partial charge in [0.15, 0.2) is 5.82 Å². The maximum absolute atomic E-state index is 5.70. The fourth-order valence-electron chi connectivity index (χ4n) is 1.29. The first-order chi connectivity index (χ1) is 8.15. The van der Waals surface area contributed by atoms with Gasteiger partial charge in [0.05, 0.1) is 24.1 Å². The van der Waals surface area contributed by atoms with E-state index >= 15 is 0 Å². The smallest absolute Gasteiger partial charge is 0.224 e. The number of rotatable bonds is 3. The molecule has 0 bridgehead atoms. The summed E-state index contributed by atoms with van der Waals surface area (Å²) in [5, 5.41) is 3.20. The number of nitrogens with zero attached hydrogens (tertiary/aromatic N) is 4. The van der Waals surface area contributed by atoms with Crippen LogP contribution in [0.1, 0.15) is 11.5 Å². The van der Waals surface area contributed by atoms with Crippen molar-refractivity contribution >= 4 is 23.1 Å². The Bertz CT molecular complexity index is 530. The van der Waals surface area contributed by atoms with Crippen molar-refractivity contribution in [3.05, 3.63) is 35.3 Å². The first kappa shape index (κ1) is 11.5. The van der Waals surface area contributed by atoms with Crippen molar-refractivity contribution in [1.29, 1.82) is 0 Å². The Morgan fingerprint density at radius 1 is 1.35 bits per heavy atom. The summed E-state index contributed by atoms with van der Waals surface area (Å²) in [5.41, 5.74) is 7.00. The number of nitrogens with one attached hydrogen (secondary N) is 1. The molecule has 0 aliphatic carbocycles. The van der Waals surface area contributed by atoms with Crippen LogP contribution in [0.2, 0.25) is 5.28 Å². The van der Waals surface area contributed by atoms with E-state index in [9.17, 15) is 0 Å². The van der Waals surface area contributed by atoms with Gasteiger partial charge in [-0.25, -0.2) is 15.0 Å². The summed E-state index contributed by atoms with van der Waals surface area (Å²) in [6, 6.07) is 1.82. The molecule has 2 rings (SSSR count). The molecule has 7 heteroatoms. The highest BCUT2D eigenvalue weighted by molar-refractivity contribution is 6.28. The van der Waals surface area contributed by atoms with Crippen LogP contribution >= 0.6 is 11.6 Å². The van der Waals surface area contributed by atoms with E-state index in [1.165, 1.54) is 6.20 Å². The molecule has 6 nitrogen and oxygen atoms in total. The quantitative estimate of drug-likeness (QED) is 0.801. The zero-order valence-electron chi connectivity index (χ0n) is 9.18. The number of hydrogen-bond donors (Lipinski definition) is 2. The van der Waals surface area contributed by atoms with E-state index in [-0.39, 0.29) is 5.28 Å². The van der Waals surface area contributed by atoms with Gasteiger partial charge in [0.2, 0.25) is 5.28 Å². The Labute approximate surface area is 103 Å². The summed E-state index contributed by atoms with van der Waals surface area (Å²) < 4.78 is 0. The lowest BCUT2D eigenvalue weighted by Crippen LogP contribution is -2.07. The monoisotopic (exact) mass is 250 g/mol. The van der Waals surface area contributed by atoms with E-state index in [2.05, 4.69) is 25.3 Å². The summed E-state index contributed by atoms with van der Waals surface area (Å²) >= 11 is 5.68. The summed E-state index contributed by atoms with van der Waals surface area (Å²) in [7, 11) is 0. The van der Waals surface area contributed by atoms with Gasteiger partial charge in [-0.15, -0.1) is 0 Å². The molecular weight excluding hydrogens is 240 g/mol. The standard InChI is InChI=1S/C10H11ClN6/c1-6-13-3-2-7(16-6)4-14-9-8(12)5-15-10(11)17-9/h2-3,5H,4,12H2,1H3,(H,14,15,17). The number of aryl methyl sites for hydroxylation is 1. The van der Waals surface area contributed by atoms with Gasteiger partial charge in [0.25, 0.3) is 0 Å². The number of aromatic nitrogens is 4. The number of nitrogens with two attached hydrogens (primary N) is 1. The number of nitrogen functional groups attached to an aromatic ring is 1. The predicted octanol–water partition coefficient (Wildman–Crippen LogP) is 1.42. The first-order valence-corrected chi connectivity index (χ1v) is 5.33. The third-order valence-corrected chi connectivity index (χ3v) is 2.24. The molecular formula is C10H11ClN6. The van der Waals surface area contributed by atoms with Crippen LogP contribution < -0.4 is 11.1 Å². The molecule has 2 heterocycles. The van der Waals surface area contributed by atoms with Gasteiger partial charge >= 0.3 is 0 Å². The van der Waals surface area contributed by atoms with Crippen molar-refractivity contribution in [1.82, 2.24) is 19.9 Å². The van der Waals surface area contributed by atoms with E-state index in [0.717, 1.165) is 11.5 Å². The molecule has 0 aromatic carbocycles. The lowest BCUT2D eigenvalue weighted by Gasteiger charge is -2.07. The van der Waals surface area contributed by atoms with Gasteiger partial charge in [-0.1, -0.05) is 0 Å². The summed E-state index contributed by atoms with van der Waals surface area (Å²) in [5.74, 6) is 1.22. The molecule has 0 spiro atoms. The molecule has 0 atom stereocenters. The van der Waals surface area contributed by atoms with Gasteiger partial charge < -0.3 is 11.1 Å². The minimum Gasteiger partial charge on any atom is -0.394 e. The Kier molecular flexibility index (Phi) is 3.34. The highest BCUT2D eigenvalue weighted by Crippen LogP contribution is 2.16. The second-order valence-corrected chi connectivity index (χ2v) is 3.73. The molecule has 0 amide bonds. The molecule has 17 heavy (non-hydrogen) atoms. The lowest BCUT2D eigenvalue weighted by molar-refractivity contribution is 0.948. The second kappa shape index (κ2) is 4.92. The Hall–Kier alpha value is -1.95. The third-order valence-electron chi connectivity index (χ3n) is 2.06. The molecule has 0 aliphatic heterocycles. The highest BCUT2D eigenvalue weighted by Gasteiger charge is 2.03. The molecule has 0 fully saturated rings. The lowest BCUT2D eigenvalue weighted by atomic mass is 10.4. The fourth-order valence-corrected chi connectivity index (χ4v) is 1.42. The van der Waals surface area contributed by atoms with Crippen molar-refractivity contribution in [2.24, 2.45) is 0 Å². The van der Waals surface area contributed by atoms with Crippen LogP contribution in [0.25, 0.3) is 0 Å². The van der Waals surface area contributed by atoms with Gasteiger partial charge in [0, 0.05) is 6.20 Å². The van der Waals surface area contributed by atoms with Gasteiger partial charge in [0.1, 0.15) is 5.82 Å². The van der Waals surface area contributed by atoms with Gasteiger partial charge in [-0.2, -0.15) is 4.98 Å². The maximum atomic E-state index is 5.70. The van der Waals surface area contributed by atoms with Crippen molar-refractivity contribution in [3.63, 3.8) is 0 Å². The first-order valence-electron chi connectivity index (χ1n) is 4.95. The van der Waals surface area contributed by atoms with Crippen molar-refractivity contribution in [3.8, 4) is 0 Å². The SMILES string of the molecule is Cc1nccc(CNc2nc(Cl)ncc2N)n1. The van der Waals surface area contributed by atoms with Crippen LogP contribution in [0, 0.1) is 6.92 Å². The van der Waals surface area contributed by atoms with Crippen LogP contribution in [-0.4, -0.2) is 19.9 Å². The molecule has 0 radical (unpaired) electrons. The largest absolute Gasteiger partial charge is 0.394 e. The Morgan fingerprint density at radius 2 is 2.18 bits per heavy atom. The number of hydrogen-bond acceptors (Lipinski definition) is 6. The van der Waals surface area contributed by atoms with E-state index in [4.69, 9.17) is 17.3 Å². The zero-order chi connectivity index (χ0) is 12.3. The average molecular weight is 251 g/mol. The van der Waals surface area contributed by atoms with Crippen molar-refractivity contribution in [2.45, 2.75) is 13.5 Å². The third kappa shape index (κ3) is 3.01. The summed E-state index contributed by atoms with van der Waals surface area (Å²) in [4.78, 5) is 16.0. The molecule has 2 aromatic heterocycles. The molecule has 3 N–H and O–H groups in total. The average Bonchev–Trinajstić information content (AvgIpc) is 2.30. The normalized spacial score (nSPS) is 10.2. The second-order valence-electron chi connectivity index (χ2n) is 3.39. The molecule has 88 valence electrons. The summed E-state index contributed by atoms with van der Waals surface area (Å²) in [6.07, 6.45) is 3.17. The highest BCUT2D eigenvalue weighted by atomic mass is 35.5. The molecule has 0 unspecified atom stereocenters. The van der Waals surface area contributed by atoms with Gasteiger partial charge in [-0.3, -0.25) is 0 Å². The van der Waals surface area contributed by atoms with Crippen LogP contribution in [0.3, 0.4) is 0 Å². The van der Waals surface area contributed by atoms with E-state index < -0.39 is 0 Å². The molecule has 0 aliphatic rings. The maximum Gasteiger partial charge on any atom is 0.224 e. The van der Waals surface area contributed by atoms with Crippen LogP contribution in [0.15, 0.2) is 18.5 Å². The number of anilines is 2. The molecule has 2 aromatic rings. The topological polar surface area (TPSA) is 89.6 Å². The Balaban J connectivity index is 2.09. The van der Waals surface area contributed by atoms with Crippen molar-refractivity contribution in [2.75, 3.05) is 11.1 Å². The minimum absolute atomic E-state index is 0.153. The summed E-state index contributed by atoms with van der Waals surface area (Å²) in [6.45, 7) is 2.33. The predicted molar refractivity (Wildman–Crippen MR) is 65.6 cm³/mol. The zero-order valence-corrected chi connectivity index (χ0v) is 9.94. The van der Waals surface area contributed by atoms with E-state index in [1.54, 1.807) is 6.20 Å².